The van der Waals surface area contributed by atoms with Crippen molar-refractivity contribution in [1.82, 2.24) is 20.6 Å². The largest absolute Gasteiger partial charge is 0.349 e. The number of nitrogens with zero attached hydrogens (tertiary/aromatic N) is 1. The van der Waals surface area contributed by atoms with E-state index in [0.29, 0.717) is 5.69 Å². The molecule has 0 radical (unpaired) electrons. The summed E-state index contributed by atoms with van der Waals surface area (Å²) in [6.07, 6.45) is 3.07. The summed E-state index contributed by atoms with van der Waals surface area (Å²) in [5.74, 6) is -0.0551. The third kappa shape index (κ3) is 3.40. The maximum Gasteiger partial charge on any atom is 0.250 e. The summed E-state index contributed by atoms with van der Waals surface area (Å²) >= 11 is 0. The SMILES string of the molecule is O=C(NCc1cc(=O)[nH]cn1)[C@H]1CC[C@H](c2ccccc2)N1. The average molecular weight is 298 g/mol. The lowest BCUT2D eigenvalue weighted by atomic mass is 10.1. The zero-order valence-electron chi connectivity index (χ0n) is 12.1. The number of hydrogen-bond acceptors (Lipinski definition) is 4. The summed E-state index contributed by atoms with van der Waals surface area (Å²) in [4.78, 5) is 29.8. The van der Waals surface area contributed by atoms with Crippen molar-refractivity contribution in [2.24, 2.45) is 0 Å². The Bertz CT molecular complexity index is 699. The van der Waals surface area contributed by atoms with Gasteiger partial charge in [0, 0.05) is 12.1 Å². The fraction of sp³-hybridized carbons (Fsp3) is 0.312. The predicted octanol–water partition coefficient (Wildman–Crippen LogP) is 0.879. The quantitative estimate of drug-likeness (QED) is 0.782. The molecular formula is C16H18N4O2. The molecule has 22 heavy (non-hydrogen) atoms. The first-order chi connectivity index (χ1) is 10.7. The highest BCUT2D eigenvalue weighted by molar-refractivity contribution is 5.82. The van der Waals surface area contributed by atoms with Crippen LogP contribution in [0.15, 0.2) is 47.5 Å². The number of aromatic nitrogens is 2. The molecule has 1 fully saturated rings. The molecule has 6 nitrogen and oxygen atoms in total. The second-order valence-electron chi connectivity index (χ2n) is 5.38. The third-order valence-electron chi connectivity index (χ3n) is 3.84. The molecule has 3 N–H and O–H groups in total. The maximum atomic E-state index is 12.2. The van der Waals surface area contributed by atoms with E-state index in [2.05, 4.69) is 32.7 Å². The lowest BCUT2D eigenvalue weighted by molar-refractivity contribution is -0.123. The van der Waals surface area contributed by atoms with Crippen molar-refractivity contribution in [2.45, 2.75) is 31.5 Å². The molecule has 3 rings (SSSR count). The van der Waals surface area contributed by atoms with Crippen LogP contribution in [0.3, 0.4) is 0 Å². The predicted molar refractivity (Wildman–Crippen MR) is 82.0 cm³/mol. The number of carbonyl (C=O) groups is 1. The van der Waals surface area contributed by atoms with Crippen LogP contribution in [-0.2, 0) is 11.3 Å². The summed E-state index contributed by atoms with van der Waals surface area (Å²) in [6.45, 7) is 0.261. The molecule has 6 heteroatoms. The van der Waals surface area contributed by atoms with Crippen LogP contribution < -0.4 is 16.2 Å². The van der Waals surface area contributed by atoms with E-state index >= 15 is 0 Å². The van der Waals surface area contributed by atoms with Crippen LogP contribution >= 0.6 is 0 Å². The van der Waals surface area contributed by atoms with Gasteiger partial charge < -0.3 is 10.3 Å². The smallest absolute Gasteiger partial charge is 0.250 e. The molecule has 0 aliphatic carbocycles. The summed E-state index contributed by atoms with van der Waals surface area (Å²) < 4.78 is 0. The standard InChI is InChI=1S/C16H18N4O2/c21-15-8-12(18-10-19-15)9-17-16(22)14-7-6-13(20-14)11-4-2-1-3-5-11/h1-5,8,10,13-14,20H,6-7,9H2,(H,17,22)(H,18,19,21)/t13-,14-/m1/s1. The van der Waals surface area contributed by atoms with Gasteiger partial charge in [-0.1, -0.05) is 30.3 Å². The monoisotopic (exact) mass is 298 g/mol. The summed E-state index contributed by atoms with van der Waals surface area (Å²) in [5, 5.41) is 6.18. The van der Waals surface area contributed by atoms with Gasteiger partial charge in [-0.25, -0.2) is 4.98 Å². The Morgan fingerprint density at radius 3 is 2.86 bits per heavy atom. The van der Waals surface area contributed by atoms with E-state index in [1.807, 2.05) is 18.2 Å². The van der Waals surface area contributed by atoms with Gasteiger partial charge in [-0.3, -0.25) is 14.9 Å². The van der Waals surface area contributed by atoms with Gasteiger partial charge in [0.15, 0.2) is 0 Å². The molecule has 1 saturated heterocycles. The molecule has 1 aliphatic heterocycles. The normalized spacial score (nSPS) is 20.7. The number of aromatic amines is 1. The average Bonchev–Trinajstić information content (AvgIpc) is 3.04. The topological polar surface area (TPSA) is 86.9 Å². The van der Waals surface area contributed by atoms with E-state index in [-0.39, 0.29) is 30.1 Å². The first kappa shape index (κ1) is 14.5. The van der Waals surface area contributed by atoms with Crippen molar-refractivity contribution >= 4 is 5.91 Å². The molecule has 1 aromatic heterocycles. The van der Waals surface area contributed by atoms with Crippen LogP contribution in [0.5, 0.6) is 0 Å². The van der Waals surface area contributed by atoms with Crippen molar-refractivity contribution in [3.63, 3.8) is 0 Å². The van der Waals surface area contributed by atoms with Crippen LogP contribution in [0.2, 0.25) is 0 Å². The molecule has 114 valence electrons. The first-order valence-electron chi connectivity index (χ1n) is 7.35. The van der Waals surface area contributed by atoms with E-state index in [1.165, 1.54) is 18.0 Å². The van der Waals surface area contributed by atoms with E-state index in [9.17, 15) is 9.59 Å². The summed E-state index contributed by atoms with van der Waals surface area (Å²) in [5.41, 5.74) is 1.53. The van der Waals surface area contributed by atoms with E-state index in [4.69, 9.17) is 0 Å². The minimum absolute atomic E-state index is 0.0551. The summed E-state index contributed by atoms with van der Waals surface area (Å²) in [6, 6.07) is 11.5. The van der Waals surface area contributed by atoms with Gasteiger partial charge in [0.1, 0.15) is 0 Å². The van der Waals surface area contributed by atoms with E-state index in [0.717, 1.165) is 12.8 Å². The van der Waals surface area contributed by atoms with Gasteiger partial charge in [-0.15, -0.1) is 0 Å². The first-order valence-corrected chi connectivity index (χ1v) is 7.35. The molecular weight excluding hydrogens is 280 g/mol. The third-order valence-corrected chi connectivity index (χ3v) is 3.84. The van der Waals surface area contributed by atoms with Crippen molar-refractivity contribution in [3.8, 4) is 0 Å². The zero-order valence-corrected chi connectivity index (χ0v) is 12.1. The Morgan fingerprint density at radius 1 is 1.27 bits per heavy atom. The molecule has 1 amide bonds. The highest BCUT2D eigenvalue weighted by atomic mass is 16.2. The van der Waals surface area contributed by atoms with Gasteiger partial charge >= 0.3 is 0 Å². The fourth-order valence-corrected chi connectivity index (χ4v) is 2.70. The highest BCUT2D eigenvalue weighted by Gasteiger charge is 2.29. The molecule has 0 saturated carbocycles. The van der Waals surface area contributed by atoms with Gasteiger partial charge in [0.25, 0.3) is 5.56 Å². The number of nitrogens with one attached hydrogen (secondary N) is 3. The van der Waals surface area contributed by atoms with Gasteiger partial charge in [0.05, 0.1) is 24.6 Å². The van der Waals surface area contributed by atoms with Gasteiger partial charge in [-0.05, 0) is 18.4 Å². The molecule has 2 aromatic rings. The Kier molecular flexibility index (Phi) is 4.29. The van der Waals surface area contributed by atoms with Crippen molar-refractivity contribution in [3.05, 3.63) is 64.3 Å². The number of H-pyrrole nitrogens is 1. The number of carbonyl (C=O) groups excluding carboxylic acids is 1. The van der Waals surface area contributed by atoms with Crippen LogP contribution in [0.1, 0.15) is 30.1 Å². The Labute approximate surface area is 128 Å². The van der Waals surface area contributed by atoms with E-state index < -0.39 is 0 Å². The Hall–Kier alpha value is -2.47. The molecule has 0 unspecified atom stereocenters. The minimum Gasteiger partial charge on any atom is -0.349 e. The lowest BCUT2D eigenvalue weighted by Crippen LogP contribution is -2.40. The van der Waals surface area contributed by atoms with Crippen LogP contribution in [0.4, 0.5) is 0 Å². The Morgan fingerprint density at radius 2 is 2.09 bits per heavy atom. The van der Waals surface area contributed by atoms with Crippen molar-refractivity contribution in [2.75, 3.05) is 0 Å². The zero-order chi connectivity index (χ0) is 15.4. The minimum atomic E-state index is -0.220. The summed E-state index contributed by atoms with van der Waals surface area (Å²) in [7, 11) is 0. The van der Waals surface area contributed by atoms with Crippen molar-refractivity contribution < 1.29 is 4.79 Å². The van der Waals surface area contributed by atoms with Crippen molar-refractivity contribution in [1.29, 1.82) is 0 Å². The van der Waals surface area contributed by atoms with E-state index in [1.54, 1.807) is 0 Å². The Balaban J connectivity index is 1.54. The fourth-order valence-electron chi connectivity index (χ4n) is 2.70. The lowest BCUT2D eigenvalue weighted by Gasteiger charge is -2.14. The van der Waals surface area contributed by atoms with Crippen LogP contribution in [0, 0.1) is 0 Å². The number of hydrogen-bond donors (Lipinski definition) is 3. The van der Waals surface area contributed by atoms with Crippen LogP contribution in [-0.4, -0.2) is 21.9 Å². The number of benzene rings is 1. The second-order valence-corrected chi connectivity index (χ2v) is 5.38. The number of rotatable bonds is 4. The van der Waals surface area contributed by atoms with Crippen LogP contribution in [0.25, 0.3) is 0 Å². The maximum absolute atomic E-state index is 12.2. The molecule has 1 aliphatic rings. The second kappa shape index (κ2) is 6.53. The molecule has 0 bridgehead atoms. The molecule has 2 atom stereocenters. The highest BCUT2D eigenvalue weighted by Crippen LogP contribution is 2.26. The molecule has 0 spiro atoms. The molecule has 1 aromatic carbocycles. The molecule has 2 heterocycles. The number of amides is 1. The van der Waals surface area contributed by atoms with Gasteiger partial charge in [-0.2, -0.15) is 0 Å². The van der Waals surface area contributed by atoms with Gasteiger partial charge in [0.2, 0.25) is 5.91 Å².